The van der Waals surface area contributed by atoms with E-state index in [4.69, 9.17) is 15.2 Å². The van der Waals surface area contributed by atoms with Crippen molar-refractivity contribution in [1.29, 1.82) is 0 Å². The zero-order chi connectivity index (χ0) is 14.7. The molecule has 1 amide bonds. The number of amides is 1. The standard InChI is InChI=1S/C15H17N3O3/c16-15(19)9-12(18-5-4-17-10-18)11-2-3-13-14(8-11)21-7-1-6-20-13/h2-5,8,10,12H,1,6-7,9H2,(H2,16,19). The second kappa shape index (κ2) is 5.87. The number of carbonyl (C=O) groups is 1. The van der Waals surface area contributed by atoms with Gasteiger partial charge in [0.15, 0.2) is 11.5 Å². The largest absolute Gasteiger partial charge is 0.490 e. The third kappa shape index (κ3) is 2.99. The van der Waals surface area contributed by atoms with Gasteiger partial charge in [0.25, 0.3) is 0 Å². The summed E-state index contributed by atoms with van der Waals surface area (Å²) in [6, 6.07) is 5.53. The molecule has 110 valence electrons. The second-order valence-electron chi connectivity index (χ2n) is 4.95. The molecule has 6 heteroatoms. The molecule has 2 heterocycles. The zero-order valence-electron chi connectivity index (χ0n) is 11.6. The number of benzene rings is 1. The Morgan fingerprint density at radius 3 is 2.86 bits per heavy atom. The van der Waals surface area contributed by atoms with E-state index in [1.165, 1.54) is 0 Å². The number of fused-ring (bicyclic) bond motifs is 1. The minimum Gasteiger partial charge on any atom is -0.490 e. The van der Waals surface area contributed by atoms with Crippen LogP contribution < -0.4 is 15.2 Å². The normalized spacial score (nSPS) is 15.2. The monoisotopic (exact) mass is 287 g/mol. The van der Waals surface area contributed by atoms with Crippen LogP contribution in [0.2, 0.25) is 0 Å². The summed E-state index contributed by atoms with van der Waals surface area (Å²) in [7, 11) is 0. The van der Waals surface area contributed by atoms with Crippen LogP contribution >= 0.6 is 0 Å². The molecule has 0 radical (unpaired) electrons. The molecule has 1 aliphatic heterocycles. The average molecular weight is 287 g/mol. The van der Waals surface area contributed by atoms with Crippen LogP contribution in [0.4, 0.5) is 0 Å². The van der Waals surface area contributed by atoms with Crippen LogP contribution in [0.15, 0.2) is 36.9 Å². The highest BCUT2D eigenvalue weighted by Gasteiger charge is 2.19. The number of hydrogen-bond acceptors (Lipinski definition) is 4. The molecule has 0 bridgehead atoms. The highest BCUT2D eigenvalue weighted by molar-refractivity contribution is 5.74. The van der Waals surface area contributed by atoms with Crippen LogP contribution in [-0.2, 0) is 4.79 Å². The molecule has 0 spiro atoms. The van der Waals surface area contributed by atoms with Crippen molar-refractivity contribution in [3.63, 3.8) is 0 Å². The number of imidazole rings is 1. The van der Waals surface area contributed by atoms with Gasteiger partial charge in [0.1, 0.15) is 0 Å². The molecule has 3 rings (SSSR count). The predicted octanol–water partition coefficient (Wildman–Crippen LogP) is 1.51. The van der Waals surface area contributed by atoms with Gasteiger partial charge < -0.3 is 19.8 Å². The van der Waals surface area contributed by atoms with Crippen molar-refractivity contribution in [2.24, 2.45) is 5.73 Å². The van der Waals surface area contributed by atoms with Crippen LogP contribution in [0.3, 0.4) is 0 Å². The molecule has 0 saturated carbocycles. The lowest BCUT2D eigenvalue weighted by molar-refractivity contribution is -0.118. The number of ether oxygens (including phenoxy) is 2. The summed E-state index contributed by atoms with van der Waals surface area (Å²) in [5.41, 5.74) is 6.31. The van der Waals surface area contributed by atoms with E-state index in [2.05, 4.69) is 4.98 Å². The first kappa shape index (κ1) is 13.5. The first-order chi connectivity index (χ1) is 10.2. The van der Waals surface area contributed by atoms with Crippen LogP contribution in [0.25, 0.3) is 0 Å². The van der Waals surface area contributed by atoms with Crippen LogP contribution in [0.5, 0.6) is 11.5 Å². The molecule has 6 nitrogen and oxygen atoms in total. The molecule has 0 fully saturated rings. The highest BCUT2D eigenvalue weighted by Crippen LogP contribution is 2.34. The summed E-state index contributed by atoms with van der Waals surface area (Å²) in [5, 5.41) is 0. The van der Waals surface area contributed by atoms with Gasteiger partial charge in [0.05, 0.1) is 32.0 Å². The van der Waals surface area contributed by atoms with Gasteiger partial charge in [-0.1, -0.05) is 6.07 Å². The third-order valence-electron chi connectivity index (χ3n) is 3.44. The van der Waals surface area contributed by atoms with Gasteiger partial charge >= 0.3 is 0 Å². The molecule has 1 aliphatic rings. The van der Waals surface area contributed by atoms with Crippen molar-refractivity contribution in [3.05, 3.63) is 42.5 Å². The Labute approximate surface area is 122 Å². The summed E-state index contributed by atoms with van der Waals surface area (Å²) < 4.78 is 13.2. The number of carbonyl (C=O) groups excluding carboxylic acids is 1. The fourth-order valence-electron chi connectivity index (χ4n) is 2.43. The molecule has 1 atom stereocenters. The number of nitrogens with zero attached hydrogens (tertiary/aromatic N) is 2. The maximum absolute atomic E-state index is 11.4. The van der Waals surface area contributed by atoms with E-state index >= 15 is 0 Å². The lowest BCUT2D eigenvalue weighted by Crippen LogP contribution is -2.19. The average Bonchev–Trinajstić information content (AvgIpc) is 2.89. The topological polar surface area (TPSA) is 79.4 Å². The molecule has 2 N–H and O–H groups in total. The molecule has 1 aromatic heterocycles. The Bertz CT molecular complexity index is 625. The van der Waals surface area contributed by atoms with E-state index in [-0.39, 0.29) is 18.4 Å². The van der Waals surface area contributed by atoms with E-state index in [0.717, 1.165) is 17.7 Å². The van der Waals surface area contributed by atoms with Crippen molar-refractivity contribution in [1.82, 2.24) is 9.55 Å². The fourth-order valence-corrected chi connectivity index (χ4v) is 2.43. The quantitative estimate of drug-likeness (QED) is 0.924. The Morgan fingerprint density at radius 2 is 2.14 bits per heavy atom. The summed E-state index contributed by atoms with van der Waals surface area (Å²) in [6.07, 6.45) is 6.23. The van der Waals surface area contributed by atoms with Crippen molar-refractivity contribution in [3.8, 4) is 11.5 Å². The second-order valence-corrected chi connectivity index (χ2v) is 4.95. The third-order valence-corrected chi connectivity index (χ3v) is 3.44. The van der Waals surface area contributed by atoms with E-state index in [9.17, 15) is 4.79 Å². The number of primary amides is 1. The maximum atomic E-state index is 11.4. The lowest BCUT2D eigenvalue weighted by atomic mass is 10.0. The SMILES string of the molecule is NC(=O)CC(c1ccc2c(c1)OCCCO2)n1ccnc1. The summed E-state index contributed by atoms with van der Waals surface area (Å²) >= 11 is 0. The van der Waals surface area contributed by atoms with Crippen molar-refractivity contribution in [2.75, 3.05) is 13.2 Å². The zero-order valence-corrected chi connectivity index (χ0v) is 11.6. The summed E-state index contributed by atoms with van der Waals surface area (Å²) in [4.78, 5) is 15.4. The Morgan fingerprint density at radius 1 is 1.33 bits per heavy atom. The van der Waals surface area contributed by atoms with Gasteiger partial charge in [-0.2, -0.15) is 0 Å². The van der Waals surface area contributed by atoms with Gasteiger partial charge in [0, 0.05) is 18.8 Å². The molecule has 1 unspecified atom stereocenters. The molecule has 0 aliphatic carbocycles. The fraction of sp³-hybridized carbons (Fsp3) is 0.333. The van der Waals surface area contributed by atoms with E-state index in [1.807, 2.05) is 29.0 Å². The number of nitrogens with two attached hydrogens (primary N) is 1. The summed E-state index contributed by atoms with van der Waals surface area (Å²) in [5.74, 6) is 1.08. The van der Waals surface area contributed by atoms with Crippen molar-refractivity contribution < 1.29 is 14.3 Å². The Kier molecular flexibility index (Phi) is 3.77. The summed E-state index contributed by atoms with van der Waals surface area (Å²) in [6.45, 7) is 1.28. The van der Waals surface area contributed by atoms with Crippen LogP contribution in [0, 0.1) is 0 Å². The van der Waals surface area contributed by atoms with E-state index in [0.29, 0.717) is 19.0 Å². The molecule has 0 saturated heterocycles. The van der Waals surface area contributed by atoms with E-state index in [1.54, 1.807) is 12.5 Å². The smallest absolute Gasteiger partial charge is 0.219 e. The maximum Gasteiger partial charge on any atom is 0.219 e. The van der Waals surface area contributed by atoms with Crippen molar-refractivity contribution in [2.45, 2.75) is 18.9 Å². The minimum atomic E-state index is -0.360. The number of hydrogen-bond donors (Lipinski definition) is 1. The molecule has 1 aromatic carbocycles. The first-order valence-corrected chi connectivity index (χ1v) is 6.89. The van der Waals surface area contributed by atoms with Gasteiger partial charge in [-0.25, -0.2) is 4.98 Å². The molecule has 21 heavy (non-hydrogen) atoms. The van der Waals surface area contributed by atoms with E-state index < -0.39 is 0 Å². The van der Waals surface area contributed by atoms with Crippen molar-refractivity contribution >= 4 is 5.91 Å². The van der Waals surface area contributed by atoms with Gasteiger partial charge in [-0.05, 0) is 17.7 Å². The number of rotatable bonds is 4. The predicted molar refractivity (Wildman–Crippen MR) is 76.2 cm³/mol. The van der Waals surface area contributed by atoms with Crippen LogP contribution in [0.1, 0.15) is 24.4 Å². The molecule has 2 aromatic rings. The minimum absolute atomic E-state index is 0.192. The lowest BCUT2D eigenvalue weighted by Gasteiger charge is -2.19. The van der Waals surface area contributed by atoms with Crippen LogP contribution in [-0.4, -0.2) is 28.7 Å². The van der Waals surface area contributed by atoms with Gasteiger partial charge in [0.2, 0.25) is 5.91 Å². The number of aromatic nitrogens is 2. The first-order valence-electron chi connectivity index (χ1n) is 6.89. The molecular weight excluding hydrogens is 270 g/mol. The Balaban J connectivity index is 1.95. The van der Waals surface area contributed by atoms with Gasteiger partial charge in [-0.15, -0.1) is 0 Å². The van der Waals surface area contributed by atoms with Gasteiger partial charge in [-0.3, -0.25) is 4.79 Å². The highest BCUT2D eigenvalue weighted by atomic mass is 16.5. The molecular formula is C15H17N3O3. The Hall–Kier alpha value is -2.50.